The van der Waals surface area contributed by atoms with Gasteiger partial charge in [0.1, 0.15) is 11.3 Å². The fourth-order valence-electron chi connectivity index (χ4n) is 3.39. The molecular weight excluding hydrogens is 370 g/mol. The van der Waals surface area contributed by atoms with Gasteiger partial charge in [-0.25, -0.2) is 4.79 Å². The van der Waals surface area contributed by atoms with E-state index in [1.807, 2.05) is 36.4 Å². The first-order valence-electron chi connectivity index (χ1n) is 9.09. The molecule has 0 spiro atoms. The Morgan fingerprint density at radius 3 is 2.59 bits per heavy atom. The molecule has 6 heteroatoms. The lowest BCUT2D eigenvalue weighted by Gasteiger charge is -2.07. The van der Waals surface area contributed by atoms with Crippen molar-refractivity contribution in [1.82, 2.24) is 0 Å². The molecule has 0 radical (unpaired) electrons. The van der Waals surface area contributed by atoms with Gasteiger partial charge in [-0.15, -0.1) is 0 Å². The number of fused-ring (bicyclic) bond motifs is 2. The second kappa shape index (κ2) is 7.59. The molecule has 0 aliphatic heterocycles. The van der Waals surface area contributed by atoms with Crippen LogP contribution in [0, 0.1) is 0 Å². The van der Waals surface area contributed by atoms with Crippen LogP contribution in [0.3, 0.4) is 0 Å². The van der Waals surface area contributed by atoms with Gasteiger partial charge in [0.05, 0.1) is 5.39 Å². The van der Waals surface area contributed by atoms with Crippen molar-refractivity contribution in [2.75, 3.05) is 5.32 Å². The number of carboxylic acids is 1. The van der Waals surface area contributed by atoms with E-state index >= 15 is 0 Å². The maximum absolute atomic E-state index is 13.0. The molecule has 1 aliphatic carbocycles. The van der Waals surface area contributed by atoms with Gasteiger partial charge in [0.25, 0.3) is 0 Å². The Morgan fingerprint density at radius 1 is 1.03 bits per heavy atom. The summed E-state index contributed by atoms with van der Waals surface area (Å²) in [6.45, 7) is 0. The lowest BCUT2D eigenvalue weighted by atomic mass is 10.1. The van der Waals surface area contributed by atoms with E-state index in [0.29, 0.717) is 34.4 Å². The van der Waals surface area contributed by atoms with E-state index in [0.717, 1.165) is 29.7 Å². The average molecular weight is 387 g/mol. The van der Waals surface area contributed by atoms with E-state index in [1.54, 1.807) is 18.2 Å². The molecule has 1 heterocycles. The SMILES string of the molecule is O=C(O)/C=C\C(=O)Nc1ccc2oc3c(c(=O)c2c1)CC/C3=C\c1ccccc1. The maximum atomic E-state index is 13.0. The van der Waals surface area contributed by atoms with Crippen molar-refractivity contribution in [3.8, 4) is 0 Å². The molecule has 0 saturated heterocycles. The van der Waals surface area contributed by atoms with E-state index in [-0.39, 0.29) is 5.43 Å². The molecule has 0 saturated carbocycles. The zero-order chi connectivity index (χ0) is 20.4. The highest BCUT2D eigenvalue weighted by atomic mass is 16.4. The number of carbonyl (C=O) groups excluding carboxylic acids is 1. The molecule has 3 aromatic rings. The summed E-state index contributed by atoms with van der Waals surface area (Å²) in [6.07, 6.45) is 5.02. The summed E-state index contributed by atoms with van der Waals surface area (Å²) in [4.78, 5) is 35.3. The summed E-state index contributed by atoms with van der Waals surface area (Å²) in [5, 5.41) is 11.5. The summed E-state index contributed by atoms with van der Waals surface area (Å²) in [6, 6.07) is 14.7. The van der Waals surface area contributed by atoms with Crippen molar-refractivity contribution in [2.24, 2.45) is 0 Å². The summed E-state index contributed by atoms with van der Waals surface area (Å²) in [5.41, 5.74) is 3.38. The lowest BCUT2D eigenvalue weighted by molar-refractivity contribution is -0.131. The third kappa shape index (κ3) is 3.87. The molecule has 0 fully saturated rings. The second-order valence-corrected chi connectivity index (χ2v) is 6.69. The number of carbonyl (C=O) groups is 2. The Labute approximate surface area is 165 Å². The first-order chi connectivity index (χ1) is 14.0. The van der Waals surface area contributed by atoms with Crippen LogP contribution in [0.4, 0.5) is 5.69 Å². The van der Waals surface area contributed by atoms with Crippen molar-refractivity contribution in [2.45, 2.75) is 12.8 Å². The van der Waals surface area contributed by atoms with Gasteiger partial charge in [-0.2, -0.15) is 0 Å². The molecule has 0 atom stereocenters. The number of anilines is 1. The number of nitrogens with one attached hydrogen (secondary N) is 1. The molecular formula is C23H17NO5. The molecule has 4 rings (SSSR count). The van der Waals surface area contributed by atoms with E-state index in [1.165, 1.54) is 0 Å². The first-order valence-corrected chi connectivity index (χ1v) is 9.09. The number of hydrogen-bond acceptors (Lipinski definition) is 4. The minimum absolute atomic E-state index is 0.116. The standard InChI is InChI=1S/C23H17NO5/c25-20(10-11-21(26)27)24-16-7-9-19-18(13-16)22(28)17-8-6-15(23(17)29-19)12-14-4-2-1-3-5-14/h1-5,7,9-13H,6,8H2,(H,24,25)(H,26,27)/b11-10-,15-12+. The van der Waals surface area contributed by atoms with Gasteiger partial charge < -0.3 is 14.8 Å². The predicted molar refractivity (Wildman–Crippen MR) is 111 cm³/mol. The number of rotatable bonds is 4. The van der Waals surface area contributed by atoms with E-state index in [9.17, 15) is 14.4 Å². The monoisotopic (exact) mass is 387 g/mol. The maximum Gasteiger partial charge on any atom is 0.328 e. The zero-order valence-corrected chi connectivity index (χ0v) is 15.3. The van der Waals surface area contributed by atoms with Gasteiger partial charge in [-0.1, -0.05) is 30.3 Å². The van der Waals surface area contributed by atoms with Gasteiger partial charge in [0.15, 0.2) is 5.43 Å². The largest absolute Gasteiger partial charge is 0.478 e. The summed E-state index contributed by atoms with van der Waals surface area (Å²) >= 11 is 0. The van der Waals surface area contributed by atoms with E-state index in [2.05, 4.69) is 5.32 Å². The Bertz CT molecular complexity index is 1240. The van der Waals surface area contributed by atoms with Crippen molar-refractivity contribution in [3.05, 3.63) is 87.8 Å². The van der Waals surface area contributed by atoms with Crippen LogP contribution in [-0.4, -0.2) is 17.0 Å². The minimum Gasteiger partial charge on any atom is -0.478 e. The van der Waals surface area contributed by atoms with Crippen LogP contribution in [0.5, 0.6) is 0 Å². The number of amides is 1. The highest BCUT2D eigenvalue weighted by Gasteiger charge is 2.24. The molecule has 1 amide bonds. The summed E-state index contributed by atoms with van der Waals surface area (Å²) < 4.78 is 6.04. The van der Waals surface area contributed by atoms with Gasteiger partial charge >= 0.3 is 5.97 Å². The second-order valence-electron chi connectivity index (χ2n) is 6.69. The number of benzene rings is 2. The van der Waals surface area contributed by atoms with E-state index in [4.69, 9.17) is 9.52 Å². The lowest BCUT2D eigenvalue weighted by Crippen LogP contribution is -2.11. The molecule has 6 nitrogen and oxygen atoms in total. The van der Waals surface area contributed by atoms with Crippen LogP contribution in [-0.2, 0) is 16.0 Å². The summed E-state index contributed by atoms with van der Waals surface area (Å²) in [5.74, 6) is -1.19. The Balaban J connectivity index is 1.70. The molecule has 1 aliphatic rings. The van der Waals surface area contributed by atoms with E-state index < -0.39 is 11.9 Å². The highest BCUT2D eigenvalue weighted by molar-refractivity contribution is 6.03. The molecule has 144 valence electrons. The fourth-order valence-corrected chi connectivity index (χ4v) is 3.39. The van der Waals surface area contributed by atoms with Crippen LogP contribution in [0.25, 0.3) is 22.6 Å². The summed E-state index contributed by atoms with van der Waals surface area (Å²) in [7, 11) is 0. The molecule has 0 bridgehead atoms. The highest BCUT2D eigenvalue weighted by Crippen LogP contribution is 2.34. The Morgan fingerprint density at radius 2 is 1.83 bits per heavy atom. The van der Waals surface area contributed by atoms with Crippen molar-refractivity contribution >= 4 is 40.2 Å². The predicted octanol–water partition coefficient (Wildman–Crippen LogP) is 3.86. The van der Waals surface area contributed by atoms with Crippen molar-refractivity contribution in [3.63, 3.8) is 0 Å². The van der Waals surface area contributed by atoms with Crippen molar-refractivity contribution in [1.29, 1.82) is 0 Å². The van der Waals surface area contributed by atoms with Crippen LogP contribution in [0.2, 0.25) is 0 Å². The Hall–Kier alpha value is -3.93. The van der Waals surface area contributed by atoms with Gasteiger partial charge in [-0.3, -0.25) is 9.59 Å². The smallest absolute Gasteiger partial charge is 0.328 e. The number of aliphatic carboxylic acids is 1. The third-order valence-corrected chi connectivity index (χ3v) is 4.71. The molecule has 0 unspecified atom stereocenters. The number of hydrogen-bond donors (Lipinski definition) is 2. The first kappa shape index (κ1) is 18.4. The normalized spacial score (nSPS) is 14.4. The molecule has 1 aromatic heterocycles. The fraction of sp³-hybridized carbons (Fsp3) is 0.0870. The van der Waals surface area contributed by atoms with Crippen LogP contribution >= 0.6 is 0 Å². The van der Waals surface area contributed by atoms with Gasteiger partial charge in [0, 0.05) is 23.4 Å². The molecule has 2 aromatic carbocycles. The minimum atomic E-state index is -1.21. The Kier molecular flexibility index (Phi) is 4.83. The number of carboxylic acid groups (broad SMARTS) is 1. The zero-order valence-electron chi connectivity index (χ0n) is 15.3. The van der Waals surface area contributed by atoms with Crippen LogP contribution in [0.1, 0.15) is 23.3 Å². The molecule has 29 heavy (non-hydrogen) atoms. The topological polar surface area (TPSA) is 96.6 Å². The molecule has 2 N–H and O–H groups in total. The number of allylic oxidation sites excluding steroid dienone is 1. The average Bonchev–Trinajstić information content (AvgIpc) is 3.11. The van der Waals surface area contributed by atoms with Gasteiger partial charge in [0.2, 0.25) is 5.91 Å². The van der Waals surface area contributed by atoms with Crippen molar-refractivity contribution < 1.29 is 19.1 Å². The van der Waals surface area contributed by atoms with Gasteiger partial charge in [-0.05, 0) is 48.3 Å². The third-order valence-electron chi connectivity index (χ3n) is 4.71. The van der Waals surface area contributed by atoms with Crippen LogP contribution < -0.4 is 10.7 Å². The van der Waals surface area contributed by atoms with Crippen LogP contribution in [0.15, 0.2) is 69.9 Å². The quantitative estimate of drug-likeness (QED) is 0.663.